The van der Waals surface area contributed by atoms with Crippen molar-refractivity contribution < 1.29 is 23.9 Å². The van der Waals surface area contributed by atoms with Crippen molar-refractivity contribution in [3.8, 4) is 0 Å². The largest absolute Gasteiger partial charge is 0.469 e. The Kier molecular flexibility index (Phi) is 5.90. The van der Waals surface area contributed by atoms with Gasteiger partial charge in [-0.05, 0) is 41.5 Å². The van der Waals surface area contributed by atoms with E-state index in [1.165, 1.54) is 24.0 Å². The number of carbonyl (C=O) groups is 3. The van der Waals surface area contributed by atoms with Gasteiger partial charge in [0.05, 0.1) is 24.1 Å². The number of ether oxygens (including phenoxy) is 2. The summed E-state index contributed by atoms with van der Waals surface area (Å²) in [7, 11) is 1.35. The van der Waals surface area contributed by atoms with Crippen LogP contribution in [0, 0.1) is 5.92 Å². The van der Waals surface area contributed by atoms with Crippen molar-refractivity contribution in [1.82, 2.24) is 20.2 Å². The number of methoxy groups -OCH3 is 1. The molecule has 0 saturated heterocycles. The Morgan fingerprint density at radius 3 is 2.89 bits per heavy atom. The molecule has 1 atom stereocenters. The zero-order chi connectivity index (χ0) is 26.6. The van der Waals surface area contributed by atoms with Gasteiger partial charge < -0.3 is 30.4 Å². The predicted molar refractivity (Wildman–Crippen MR) is 137 cm³/mol. The van der Waals surface area contributed by atoms with E-state index in [0.717, 1.165) is 28.0 Å². The molecule has 1 unspecified atom stereocenters. The predicted octanol–water partition coefficient (Wildman–Crippen LogP) is 0.888. The molecule has 2 aromatic heterocycles. The third-order valence-corrected chi connectivity index (χ3v) is 8.43. The molecule has 2 aliphatic heterocycles. The topological polar surface area (TPSA) is 157 Å². The van der Waals surface area contributed by atoms with Crippen molar-refractivity contribution in [2.24, 2.45) is 11.7 Å². The summed E-state index contributed by atoms with van der Waals surface area (Å²) >= 11 is 1.34. The van der Waals surface area contributed by atoms with Gasteiger partial charge in [-0.3, -0.25) is 14.4 Å². The van der Waals surface area contributed by atoms with Gasteiger partial charge in [-0.15, -0.1) is 11.3 Å². The molecule has 4 N–H and O–H groups in total. The zero-order valence-electron chi connectivity index (χ0n) is 20.6. The van der Waals surface area contributed by atoms with Crippen LogP contribution < -0.4 is 16.6 Å². The molecule has 0 spiro atoms. The number of benzene rings is 1. The average molecular weight is 536 g/mol. The van der Waals surface area contributed by atoms with Crippen molar-refractivity contribution in [2.45, 2.75) is 32.4 Å². The van der Waals surface area contributed by atoms with Crippen LogP contribution in [0.25, 0.3) is 10.2 Å². The van der Waals surface area contributed by atoms with Crippen LogP contribution in [0.5, 0.6) is 0 Å². The molecule has 1 amide bonds. The lowest BCUT2D eigenvalue weighted by Crippen LogP contribution is -2.33. The molecule has 0 radical (unpaired) electrons. The Balaban J connectivity index is 1.16. The Bertz CT molecular complexity index is 1610. The smallest absolute Gasteiger partial charge is 0.356 e. The second-order valence-corrected chi connectivity index (χ2v) is 10.7. The molecular weight excluding hydrogens is 510 g/mol. The summed E-state index contributed by atoms with van der Waals surface area (Å²) in [5.41, 5.74) is 10.4. The molecule has 0 saturated carbocycles. The number of hydrogen-bond donors (Lipinski definition) is 3. The second-order valence-electron chi connectivity index (χ2n) is 9.63. The Morgan fingerprint density at radius 2 is 2.13 bits per heavy atom. The number of amides is 1. The van der Waals surface area contributed by atoms with Gasteiger partial charge in [0.25, 0.3) is 11.5 Å². The number of aromatic amines is 1. The first-order valence-electron chi connectivity index (χ1n) is 12.2. The van der Waals surface area contributed by atoms with Gasteiger partial charge in [0.15, 0.2) is 0 Å². The summed E-state index contributed by atoms with van der Waals surface area (Å²) in [5, 5.41) is 3.27. The number of aromatic nitrogens is 2. The summed E-state index contributed by atoms with van der Waals surface area (Å²) in [4.78, 5) is 60.1. The van der Waals surface area contributed by atoms with Gasteiger partial charge >= 0.3 is 11.9 Å². The van der Waals surface area contributed by atoms with E-state index in [-0.39, 0.29) is 30.9 Å². The molecule has 38 heavy (non-hydrogen) atoms. The van der Waals surface area contributed by atoms with Crippen LogP contribution in [0.3, 0.4) is 0 Å². The van der Waals surface area contributed by atoms with Crippen molar-refractivity contribution >= 4 is 39.4 Å². The Morgan fingerprint density at radius 1 is 1.29 bits per heavy atom. The number of rotatable bonds is 5. The number of nitrogens with two attached hydrogens (primary N) is 1. The van der Waals surface area contributed by atoms with Crippen LogP contribution >= 0.6 is 11.3 Å². The van der Waals surface area contributed by atoms with Crippen molar-refractivity contribution in [2.75, 3.05) is 20.3 Å². The number of cyclic esters (lactones) is 1. The third kappa shape index (κ3) is 4.10. The highest BCUT2D eigenvalue weighted by molar-refractivity contribution is 7.18. The normalized spacial score (nSPS) is 18.4. The van der Waals surface area contributed by atoms with Crippen LogP contribution in [-0.4, -0.2) is 53.0 Å². The van der Waals surface area contributed by atoms with E-state index in [1.54, 1.807) is 0 Å². The van der Waals surface area contributed by atoms with Crippen molar-refractivity contribution in [1.29, 1.82) is 0 Å². The van der Waals surface area contributed by atoms with Gasteiger partial charge in [-0.25, -0.2) is 9.78 Å². The SMILES string of the molecule is COC(=O)C1Cc2sc3nc(C(=O)NCc4ccc5c(c4)CN(C4=C(N)COC4=O)CC5)[nH]c(=O)c3c2C1. The van der Waals surface area contributed by atoms with E-state index in [1.807, 2.05) is 23.1 Å². The highest BCUT2D eigenvalue weighted by Gasteiger charge is 2.33. The van der Waals surface area contributed by atoms with E-state index in [0.29, 0.717) is 47.5 Å². The lowest BCUT2D eigenvalue weighted by Gasteiger charge is -2.30. The molecule has 3 aliphatic rings. The van der Waals surface area contributed by atoms with Gasteiger partial charge in [-0.2, -0.15) is 0 Å². The van der Waals surface area contributed by atoms with Crippen LogP contribution in [0.1, 0.15) is 37.7 Å². The number of carbonyl (C=O) groups excluding carboxylic acids is 3. The monoisotopic (exact) mass is 535 g/mol. The highest BCUT2D eigenvalue weighted by atomic mass is 32.1. The number of esters is 2. The number of thiophene rings is 1. The molecule has 0 fully saturated rings. The minimum absolute atomic E-state index is 0.0572. The number of fused-ring (bicyclic) bond motifs is 4. The zero-order valence-corrected chi connectivity index (χ0v) is 21.4. The Hall–Kier alpha value is -4.19. The number of hydrogen-bond acceptors (Lipinski definition) is 10. The summed E-state index contributed by atoms with van der Waals surface area (Å²) in [5.74, 6) is -1.53. The van der Waals surface area contributed by atoms with Crippen molar-refractivity contribution in [3.05, 3.63) is 72.9 Å². The summed E-state index contributed by atoms with van der Waals surface area (Å²) in [6.07, 6.45) is 1.70. The molecule has 3 aromatic rings. The van der Waals surface area contributed by atoms with Crippen LogP contribution in [-0.2, 0) is 51.4 Å². The molecule has 196 valence electrons. The number of nitrogens with zero attached hydrogens (tertiary/aromatic N) is 2. The lowest BCUT2D eigenvalue weighted by molar-refractivity contribution is -0.145. The fraction of sp³-hybridized carbons (Fsp3) is 0.346. The third-order valence-electron chi connectivity index (χ3n) is 7.28. The maximum absolute atomic E-state index is 12.9. The van der Waals surface area contributed by atoms with Gasteiger partial charge in [-0.1, -0.05) is 18.2 Å². The van der Waals surface area contributed by atoms with E-state index in [2.05, 4.69) is 15.3 Å². The van der Waals surface area contributed by atoms with Gasteiger partial charge in [0.2, 0.25) is 5.82 Å². The minimum atomic E-state index is -0.490. The molecule has 12 heteroatoms. The molecule has 6 rings (SSSR count). The van der Waals surface area contributed by atoms with E-state index >= 15 is 0 Å². The maximum atomic E-state index is 12.9. The molecule has 0 bridgehead atoms. The number of H-pyrrole nitrogens is 1. The lowest BCUT2D eigenvalue weighted by atomic mass is 9.97. The van der Waals surface area contributed by atoms with Crippen LogP contribution in [0.2, 0.25) is 0 Å². The quantitative estimate of drug-likeness (QED) is 0.404. The first-order chi connectivity index (χ1) is 18.3. The summed E-state index contributed by atoms with van der Waals surface area (Å²) in [6, 6.07) is 5.98. The fourth-order valence-corrected chi connectivity index (χ4v) is 6.68. The van der Waals surface area contributed by atoms with Gasteiger partial charge in [0, 0.05) is 24.5 Å². The molecular formula is C26H25N5O6S. The van der Waals surface area contributed by atoms with Crippen LogP contribution in [0.15, 0.2) is 34.4 Å². The molecule has 1 aliphatic carbocycles. The Labute approximate surface area is 220 Å². The summed E-state index contributed by atoms with van der Waals surface area (Å²) in [6.45, 7) is 1.55. The molecule has 4 heterocycles. The van der Waals surface area contributed by atoms with Crippen molar-refractivity contribution in [3.63, 3.8) is 0 Å². The highest BCUT2D eigenvalue weighted by Crippen LogP contribution is 2.37. The molecule has 1 aromatic carbocycles. The molecule has 11 nitrogen and oxygen atoms in total. The fourth-order valence-electron chi connectivity index (χ4n) is 5.39. The van der Waals surface area contributed by atoms with E-state index < -0.39 is 17.4 Å². The van der Waals surface area contributed by atoms with E-state index in [4.69, 9.17) is 15.2 Å². The second kappa shape index (κ2) is 9.28. The maximum Gasteiger partial charge on any atom is 0.356 e. The summed E-state index contributed by atoms with van der Waals surface area (Å²) < 4.78 is 9.89. The van der Waals surface area contributed by atoms with Gasteiger partial charge in [0.1, 0.15) is 17.1 Å². The number of nitrogens with one attached hydrogen (secondary N) is 2. The van der Waals surface area contributed by atoms with E-state index in [9.17, 15) is 19.2 Å². The van der Waals surface area contributed by atoms with Crippen LogP contribution in [0.4, 0.5) is 0 Å². The first-order valence-corrected chi connectivity index (χ1v) is 13.1. The first kappa shape index (κ1) is 24.2. The average Bonchev–Trinajstić information content (AvgIpc) is 3.58. The minimum Gasteiger partial charge on any atom is -0.469 e. The standard InChI is InChI=1S/C26H25N5O6S/c1-36-25(34)14-7-16-18(8-14)38-24-19(16)22(32)29-21(30-24)23(33)28-9-12-2-3-13-4-5-31(10-15(13)6-12)20-17(27)11-37-26(20)35/h2-3,6,14H,4-5,7-11,27H2,1H3,(H,28,33)(H,29,30,32).